The predicted molar refractivity (Wildman–Crippen MR) is 111 cm³/mol. The average molecular weight is 417 g/mol. The van der Waals surface area contributed by atoms with Crippen LogP contribution in [0.3, 0.4) is 0 Å². The number of aromatic nitrogens is 1. The summed E-state index contributed by atoms with van der Waals surface area (Å²) < 4.78 is 36.0. The number of rotatable bonds is 8. The molecule has 0 spiro atoms. The smallest absolute Gasteiger partial charge is 0.387 e. The Bertz CT molecular complexity index is 1030. The van der Waals surface area contributed by atoms with Gasteiger partial charge in [0.15, 0.2) is 0 Å². The predicted octanol–water partition coefficient (Wildman–Crippen LogP) is 4.56. The molecule has 0 atom stereocenters. The molecule has 0 saturated heterocycles. The summed E-state index contributed by atoms with van der Waals surface area (Å²) in [7, 11) is 1.63. The lowest BCUT2D eigenvalue weighted by Gasteiger charge is -2.07. The lowest BCUT2D eigenvalue weighted by atomic mass is 10.1. The summed E-state index contributed by atoms with van der Waals surface area (Å²) in [5, 5.41) is 6.57. The molecule has 0 radical (unpaired) electrons. The molecule has 0 fully saturated rings. The van der Waals surface area contributed by atoms with Gasteiger partial charge < -0.3 is 9.47 Å². The third kappa shape index (κ3) is 5.58. The molecule has 0 N–H and O–H groups in total. The number of nitrogens with zero attached hydrogens (tertiary/aromatic N) is 3. The highest BCUT2D eigenvalue weighted by atomic mass is 32.1. The third-order valence-electron chi connectivity index (χ3n) is 4.10. The molecule has 0 unspecified atom stereocenters. The number of hydrogen-bond donors (Lipinski definition) is 0. The Morgan fingerprint density at radius 1 is 1.14 bits per heavy atom. The number of hydrogen-bond acceptors (Lipinski definition) is 5. The van der Waals surface area contributed by atoms with E-state index in [-0.39, 0.29) is 5.75 Å². The Balaban J connectivity index is 1.99. The van der Waals surface area contributed by atoms with Crippen molar-refractivity contribution in [3.05, 3.63) is 69.8 Å². The molecular formula is C21H21F2N3O2S. The van der Waals surface area contributed by atoms with Crippen LogP contribution in [0.25, 0.3) is 11.3 Å². The highest BCUT2D eigenvalue weighted by Crippen LogP contribution is 2.24. The SMILES string of the molecule is COCCN=c1scc(-c2ccc(OC(F)F)cc2)n1/N=C\c1ccccc1C. The molecule has 0 aliphatic heterocycles. The van der Waals surface area contributed by atoms with Gasteiger partial charge in [-0.05, 0) is 42.3 Å². The van der Waals surface area contributed by atoms with Crippen LogP contribution in [0.1, 0.15) is 11.1 Å². The molecule has 0 aliphatic rings. The number of alkyl halides is 2. The molecule has 29 heavy (non-hydrogen) atoms. The summed E-state index contributed by atoms with van der Waals surface area (Å²) in [6, 6.07) is 14.4. The fourth-order valence-electron chi connectivity index (χ4n) is 2.61. The lowest BCUT2D eigenvalue weighted by Crippen LogP contribution is -2.14. The van der Waals surface area contributed by atoms with Crippen LogP contribution in [0.2, 0.25) is 0 Å². The standard InChI is InChI=1S/C21H21F2N3O2S/c1-15-5-3-4-6-17(15)13-25-26-19(14-29-21(26)24-11-12-27-2)16-7-9-18(10-8-16)28-20(22)23/h3-10,13-14,20H,11-12H2,1-2H3/b24-21?,25-13-. The highest BCUT2D eigenvalue weighted by molar-refractivity contribution is 7.07. The number of ether oxygens (including phenoxy) is 2. The average Bonchev–Trinajstić information content (AvgIpc) is 3.10. The van der Waals surface area contributed by atoms with Crippen LogP contribution < -0.4 is 9.54 Å². The van der Waals surface area contributed by atoms with E-state index in [2.05, 4.69) is 14.8 Å². The summed E-state index contributed by atoms with van der Waals surface area (Å²) in [5.41, 5.74) is 3.73. The first kappa shape index (κ1) is 20.9. The van der Waals surface area contributed by atoms with Gasteiger partial charge >= 0.3 is 6.61 Å². The highest BCUT2D eigenvalue weighted by Gasteiger charge is 2.09. The van der Waals surface area contributed by atoms with Gasteiger partial charge in [-0.3, -0.25) is 4.99 Å². The third-order valence-corrected chi connectivity index (χ3v) is 4.96. The van der Waals surface area contributed by atoms with Crippen molar-refractivity contribution in [2.75, 3.05) is 20.3 Å². The van der Waals surface area contributed by atoms with Crippen LogP contribution in [0, 0.1) is 6.92 Å². The van der Waals surface area contributed by atoms with Crippen molar-refractivity contribution in [3.8, 4) is 17.0 Å². The van der Waals surface area contributed by atoms with Crippen LogP contribution in [0.4, 0.5) is 8.78 Å². The van der Waals surface area contributed by atoms with E-state index in [1.807, 2.05) is 36.6 Å². The first-order valence-corrected chi connectivity index (χ1v) is 9.81. The normalized spacial score (nSPS) is 12.2. The number of benzene rings is 2. The Morgan fingerprint density at radius 3 is 2.59 bits per heavy atom. The summed E-state index contributed by atoms with van der Waals surface area (Å²) in [5.74, 6) is 0.110. The molecule has 8 heteroatoms. The van der Waals surface area contributed by atoms with E-state index in [9.17, 15) is 8.78 Å². The quantitative estimate of drug-likeness (QED) is 0.399. The molecule has 0 bridgehead atoms. The zero-order chi connectivity index (χ0) is 20.6. The number of thiazole rings is 1. The molecule has 0 saturated carbocycles. The van der Waals surface area contributed by atoms with E-state index in [0.717, 1.165) is 27.2 Å². The van der Waals surface area contributed by atoms with Gasteiger partial charge in [0.05, 0.1) is 25.1 Å². The maximum atomic E-state index is 12.4. The minimum atomic E-state index is -2.85. The Labute approximate surface area is 171 Å². The molecule has 152 valence electrons. The topological polar surface area (TPSA) is 48.1 Å². The minimum absolute atomic E-state index is 0.110. The van der Waals surface area contributed by atoms with E-state index in [1.54, 1.807) is 30.1 Å². The van der Waals surface area contributed by atoms with Gasteiger partial charge in [0, 0.05) is 18.1 Å². The van der Waals surface area contributed by atoms with Gasteiger partial charge in [-0.2, -0.15) is 13.9 Å². The van der Waals surface area contributed by atoms with Crippen molar-refractivity contribution in [2.24, 2.45) is 10.1 Å². The second-order valence-corrected chi connectivity index (χ2v) is 6.93. The monoisotopic (exact) mass is 417 g/mol. The van der Waals surface area contributed by atoms with Crippen molar-refractivity contribution in [1.29, 1.82) is 0 Å². The Hall–Kier alpha value is -2.84. The van der Waals surface area contributed by atoms with E-state index >= 15 is 0 Å². The van der Waals surface area contributed by atoms with Gasteiger partial charge in [-0.25, -0.2) is 4.68 Å². The summed E-state index contributed by atoms with van der Waals surface area (Å²) in [6.45, 7) is 0.190. The molecule has 3 rings (SSSR count). The van der Waals surface area contributed by atoms with Gasteiger partial charge in [-0.1, -0.05) is 24.3 Å². The summed E-state index contributed by atoms with van der Waals surface area (Å²) in [4.78, 5) is 5.27. The largest absolute Gasteiger partial charge is 0.435 e. The number of halogens is 2. The fourth-order valence-corrected chi connectivity index (χ4v) is 3.47. The minimum Gasteiger partial charge on any atom is -0.435 e. The van der Waals surface area contributed by atoms with E-state index in [4.69, 9.17) is 4.74 Å². The maximum Gasteiger partial charge on any atom is 0.387 e. The van der Waals surface area contributed by atoms with E-state index in [1.165, 1.54) is 23.5 Å². The van der Waals surface area contributed by atoms with Crippen molar-refractivity contribution in [2.45, 2.75) is 13.5 Å². The van der Waals surface area contributed by atoms with Gasteiger partial charge in [0.2, 0.25) is 4.80 Å². The summed E-state index contributed by atoms with van der Waals surface area (Å²) >= 11 is 1.45. The molecule has 0 amide bonds. The van der Waals surface area contributed by atoms with Crippen LogP contribution in [-0.2, 0) is 4.74 Å². The molecule has 3 aromatic rings. The number of methoxy groups -OCH3 is 1. The lowest BCUT2D eigenvalue weighted by molar-refractivity contribution is -0.0498. The zero-order valence-electron chi connectivity index (χ0n) is 16.1. The summed E-state index contributed by atoms with van der Waals surface area (Å²) in [6.07, 6.45) is 1.79. The molecule has 1 heterocycles. The van der Waals surface area contributed by atoms with E-state index in [0.29, 0.717) is 13.2 Å². The van der Waals surface area contributed by atoms with Crippen molar-refractivity contribution in [1.82, 2.24) is 4.68 Å². The van der Waals surface area contributed by atoms with E-state index < -0.39 is 6.61 Å². The van der Waals surface area contributed by atoms with Crippen LogP contribution in [0.15, 0.2) is 64.0 Å². The van der Waals surface area contributed by atoms with Crippen molar-refractivity contribution in [3.63, 3.8) is 0 Å². The number of aryl methyl sites for hydroxylation is 1. The van der Waals surface area contributed by atoms with Crippen molar-refractivity contribution < 1.29 is 18.3 Å². The second-order valence-electron chi connectivity index (χ2n) is 6.09. The van der Waals surface area contributed by atoms with Crippen LogP contribution >= 0.6 is 11.3 Å². The first-order chi connectivity index (χ1) is 14.1. The Kier molecular flexibility index (Phi) is 7.26. The fraction of sp³-hybridized carbons (Fsp3) is 0.238. The van der Waals surface area contributed by atoms with Gasteiger partial charge in [0.25, 0.3) is 0 Å². The second kappa shape index (κ2) is 10.1. The molecule has 2 aromatic carbocycles. The van der Waals surface area contributed by atoms with Crippen LogP contribution in [0.5, 0.6) is 5.75 Å². The molecule has 5 nitrogen and oxygen atoms in total. The van der Waals surface area contributed by atoms with Gasteiger partial charge in [0.1, 0.15) is 5.75 Å². The van der Waals surface area contributed by atoms with Crippen LogP contribution in [-0.4, -0.2) is 37.8 Å². The zero-order valence-corrected chi connectivity index (χ0v) is 16.9. The maximum absolute atomic E-state index is 12.4. The van der Waals surface area contributed by atoms with Gasteiger partial charge in [-0.15, -0.1) is 11.3 Å². The molecule has 0 aliphatic carbocycles. The molecule has 1 aromatic heterocycles. The first-order valence-electron chi connectivity index (χ1n) is 8.93. The van der Waals surface area contributed by atoms with Crippen molar-refractivity contribution >= 4 is 17.6 Å². The Morgan fingerprint density at radius 2 is 1.90 bits per heavy atom. The molecular weight excluding hydrogens is 396 g/mol.